The predicted octanol–water partition coefficient (Wildman–Crippen LogP) is 4.76. The number of hydrogen-bond donors (Lipinski definition) is 1. The first-order valence-corrected chi connectivity index (χ1v) is 6.78. The minimum atomic E-state index is -0.725. The van der Waals surface area contributed by atoms with Gasteiger partial charge in [0.1, 0.15) is 6.61 Å². The van der Waals surface area contributed by atoms with E-state index in [1.165, 1.54) is 12.1 Å². The Labute approximate surface area is 126 Å². The zero-order valence-corrected chi connectivity index (χ0v) is 12.2. The van der Waals surface area contributed by atoms with Crippen LogP contribution in [0.4, 0.5) is 4.39 Å². The molecule has 0 aliphatic carbocycles. The van der Waals surface area contributed by atoms with Gasteiger partial charge >= 0.3 is 0 Å². The van der Waals surface area contributed by atoms with Crippen molar-refractivity contribution in [2.24, 2.45) is 0 Å². The van der Waals surface area contributed by atoms with Crippen molar-refractivity contribution >= 4 is 23.2 Å². The van der Waals surface area contributed by atoms with E-state index < -0.39 is 11.9 Å². The number of benzene rings is 2. The first-order valence-electron chi connectivity index (χ1n) is 6.02. The number of halogens is 3. The average molecular weight is 315 g/mol. The van der Waals surface area contributed by atoms with Crippen LogP contribution in [0.2, 0.25) is 10.0 Å². The zero-order valence-electron chi connectivity index (χ0n) is 10.7. The molecule has 5 heteroatoms. The van der Waals surface area contributed by atoms with Gasteiger partial charge < -0.3 is 9.84 Å². The molecular weight excluding hydrogens is 302 g/mol. The Morgan fingerprint density at radius 1 is 1.20 bits per heavy atom. The molecule has 0 amide bonds. The molecule has 0 aromatic heterocycles. The van der Waals surface area contributed by atoms with Crippen molar-refractivity contribution in [3.05, 3.63) is 63.4 Å². The van der Waals surface area contributed by atoms with Crippen molar-refractivity contribution in [3.63, 3.8) is 0 Å². The highest BCUT2D eigenvalue weighted by Gasteiger charge is 2.10. The van der Waals surface area contributed by atoms with Crippen molar-refractivity contribution in [2.45, 2.75) is 19.6 Å². The lowest BCUT2D eigenvalue weighted by atomic mass is 10.1. The number of aliphatic hydroxyl groups is 1. The van der Waals surface area contributed by atoms with Gasteiger partial charge in [-0.1, -0.05) is 35.3 Å². The third-order valence-electron chi connectivity index (χ3n) is 2.87. The third-order valence-corrected chi connectivity index (χ3v) is 3.58. The van der Waals surface area contributed by atoms with Crippen LogP contribution < -0.4 is 4.74 Å². The molecular formula is C15H13Cl2FO2. The van der Waals surface area contributed by atoms with E-state index >= 15 is 0 Å². The zero-order chi connectivity index (χ0) is 14.7. The fourth-order valence-electron chi connectivity index (χ4n) is 1.71. The maximum atomic E-state index is 13.8. The van der Waals surface area contributed by atoms with Crippen LogP contribution in [0.3, 0.4) is 0 Å². The number of hydrogen-bond acceptors (Lipinski definition) is 2. The van der Waals surface area contributed by atoms with Crippen LogP contribution in [-0.4, -0.2) is 5.11 Å². The summed E-state index contributed by atoms with van der Waals surface area (Å²) in [6.07, 6.45) is -0.725. The number of ether oxygens (including phenoxy) is 1. The molecule has 2 nitrogen and oxygen atoms in total. The fourth-order valence-corrected chi connectivity index (χ4v) is 2.22. The van der Waals surface area contributed by atoms with Crippen molar-refractivity contribution in [3.8, 4) is 5.75 Å². The normalized spacial score (nSPS) is 12.2. The summed E-state index contributed by atoms with van der Waals surface area (Å²) in [6, 6.07) is 9.44. The van der Waals surface area contributed by atoms with Gasteiger partial charge in [-0.2, -0.15) is 0 Å². The topological polar surface area (TPSA) is 29.5 Å². The van der Waals surface area contributed by atoms with E-state index in [0.29, 0.717) is 21.2 Å². The first-order chi connectivity index (χ1) is 9.49. The molecule has 0 fully saturated rings. The van der Waals surface area contributed by atoms with E-state index in [-0.39, 0.29) is 12.4 Å². The van der Waals surface area contributed by atoms with Crippen LogP contribution in [0.15, 0.2) is 36.4 Å². The van der Waals surface area contributed by atoms with Crippen molar-refractivity contribution in [2.75, 3.05) is 0 Å². The van der Waals surface area contributed by atoms with Crippen LogP contribution in [0, 0.1) is 5.82 Å². The maximum Gasteiger partial charge on any atom is 0.165 e. The smallest absolute Gasteiger partial charge is 0.165 e. The molecule has 2 rings (SSSR count). The Bertz CT molecular complexity index is 595. The maximum absolute atomic E-state index is 13.8. The van der Waals surface area contributed by atoms with E-state index in [9.17, 15) is 9.50 Å². The molecule has 2 aromatic carbocycles. The minimum Gasteiger partial charge on any atom is -0.486 e. The van der Waals surface area contributed by atoms with E-state index in [4.69, 9.17) is 27.9 Å². The molecule has 0 spiro atoms. The Kier molecular flexibility index (Phi) is 4.86. The minimum absolute atomic E-state index is 0.0729. The molecule has 106 valence electrons. The van der Waals surface area contributed by atoms with Crippen LogP contribution in [0.5, 0.6) is 5.75 Å². The van der Waals surface area contributed by atoms with Gasteiger partial charge in [0.05, 0.1) is 6.10 Å². The van der Waals surface area contributed by atoms with Crippen molar-refractivity contribution < 1.29 is 14.2 Å². The Morgan fingerprint density at radius 3 is 2.40 bits per heavy atom. The lowest BCUT2D eigenvalue weighted by Crippen LogP contribution is -2.00. The second kappa shape index (κ2) is 6.44. The Balaban J connectivity index is 2.15. The second-order valence-corrected chi connectivity index (χ2v) is 5.17. The summed E-state index contributed by atoms with van der Waals surface area (Å²) in [6.45, 7) is 1.64. The Hall–Kier alpha value is -1.29. The summed E-state index contributed by atoms with van der Waals surface area (Å²) < 4.78 is 19.2. The van der Waals surface area contributed by atoms with Gasteiger partial charge in [-0.3, -0.25) is 0 Å². The molecule has 1 N–H and O–H groups in total. The second-order valence-electron chi connectivity index (χ2n) is 4.35. The molecule has 0 aliphatic rings. The van der Waals surface area contributed by atoms with Crippen molar-refractivity contribution in [1.82, 2.24) is 0 Å². The van der Waals surface area contributed by atoms with E-state index in [1.807, 2.05) is 0 Å². The van der Waals surface area contributed by atoms with Gasteiger partial charge in [0, 0.05) is 15.6 Å². The summed E-state index contributed by atoms with van der Waals surface area (Å²) in [5, 5.41) is 10.3. The molecule has 0 bridgehead atoms. The molecule has 0 aliphatic heterocycles. The summed E-state index contributed by atoms with van der Waals surface area (Å²) in [4.78, 5) is 0. The average Bonchev–Trinajstić information content (AvgIpc) is 2.39. The predicted molar refractivity (Wildman–Crippen MR) is 77.8 cm³/mol. The third kappa shape index (κ3) is 3.42. The molecule has 0 heterocycles. The summed E-state index contributed by atoms with van der Waals surface area (Å²) in [5.41, 5.74) is 1.10. The monoisotopic (exact) mass is 314 g/mol. The highest BCUT2D eigenvalue weighted by Crippen LogP contribution is 2.27. The fraction of sp³-hybridized carbons (Fsp3) is 0.200. The lowest BCUT2D eigenvalue weighted by Gasteiger charge is -2.11. The molecule has 0 saturated carbocycles. The quantitative estimate of drug-likeness (QED) is 0.881. The summed E-state index contributed by atoms with van der Waals surface area (Å²) in [7, 11) is 0. The van der Waals surface area contributed by atoms with Crippen LogP contribution >= 0.6 is 23.2 Å². The van der Waals surface area contributed by atoms with Gasteiger partial charge in [0.25, 0.3) is 0 Å². The van der Waals surface area contributed by atoms with Gasteiger partial charge in [0.2, 0.25) is 0 Å². The van der Waals surface area contributed by atoms with Crippen LogP contribution in [0.25, 0.3) is 0 Å². The molecule has 2 aromatic rings. The molecule has 0 unspecified atom stereocenters. The molecule has 0 saturated heterocycles. The van der Waals surface area contributed by atoms with Gasteiger partial charge in [-0.05, 0) is 36.8 Å². The Morgan fingerprint density at radius 2 is 1.85 bits per heavy atom. The van der Waals surface area contributed by atoms with Crippen molar-refractivity contribution in [1.29, 1.82) is 0 Å². The molecule has 0 radical (unpaired) electrons. The van der Waals surface area contributed by atoms with E-state index in [0.717, 1.165) is 0 Å². The summed E-state index contributed by atoms with van der Waals surface area (Å²) in [5.74, 6) is -0.447. The summed E-state index contributed by atoms with van der Waals surface area (Å²) >= 11 is 12.0. The largest absolute Gasteiger partial charge is 0.486 e. The highest BCUT2D eigenvalue weighted by molar-refractivity contribution is 6.35. The van der Waals surface area contributed by atoms with Crippen LogP contribution in [-0.2, 0) is 6.61 Å². The molecule has 20 heavy (non-hydrogen) atoms. The SMILES string of the molecule is C[C@@H](O)c1ccc(OCc2c(Cl)cccc2Cl)c(F)c1. The highest BCUT2D eigenvalue weighted by atomic mass is 35.5. The number of aliphatic hydroxyl groups excluding tert-OH is 1. The van der Waals surface area contributed by atoms with E-state index in [2.05, 4.69) is 0 Å². The standard InChI is InChI=1S/C15H13Cl2FO2/c1-9(19)10-5-6-15(14(18)7-10)20-8-11-12(16)3-2-4-13(11)17/h2-7,9,19H,8H2,1H3/t9-/m1/s1. The van der Waals surface area contributed by atoms with Gasteiger partial charge in [-0.15, -0.1) is 0 Å². The van der Waals surface area contributed by atoms with Gasteiger partial charge in [0.15, 0.2) is 11.6 Å². The molecule has 1 atom stereocenters. The van der Waals surface area contributed by atoms with E-state index in [1.54, 1.807) is 31.2 Å². The van der Waals surface area contributed by atoms with Crippen LogP contribution in [0.1, 0.15) is 24.2 Å². The number of rotatable bonds is 4. The van der Waals surface area contributed by atoms with Gasteiger partial charge in [-0.25, -0.2) is 4.39 Å². The lowest BCUT2D eigenvalue weighted by molar-refractivity contribution is 0.198. The first kappa shape index (κ1) is 15.1.